The van der Waals surface area contributed by atoms with Crippen LogP contribution in [0.3, 0.4) is 0 Å². The van der Waals surface area contributed by atoms with Crippen LogP contribution in [0, 0.1) is 0 Å². The van der Waals surface area contributed by atoms with Gasteiger partial charge in [-0.05, 0) is 20.8 Å². The Labute approximate surface area is 134 Å². The Bertz CT molecular complexity index is 685. The summed E-state index contributed by atoms with van der Waals surface area (Å²) in [7, 11) is 0. The lowest BCUT2D eigenvalue weighted by Gasteiger charge is -2.33. The summed E-state index contributed by atoms with van der Waals surface area (Å²) in [5, 5.41) is 10.6. The van der Waals surface area contributed by atoms with Crippen molar-refractivity contribution in [2.24, 2.45) is 0 Å². The molecule has 1 aliphatic rings. The van der Waals surface area contributed by atoms with Crippen LogP contribution in [0.2, 0.25) is 0 Å². The second-order valence-electron chi connectivity index (χ2n) is 6.80. The number of nitrogens with zero attached hydrogens (tertiary/aromatic N) is 4. The molecule has 0 bridgehead atoms. The zero-order valence-corrected chi connectivity index (χ0v) is 13.7. The van der Waals surface area contributed by atoms with Crippen molar-refractivity contribution in [2.75, 3.05) is 18.0 Å². The fourth-order valence-corrected chi connectivity index (χ4v) is 2.68. The third kappa shape index (κ3) is 3.69. The third-order valence-corrected chi connectivity index (χ3v) is 3.72. The minimum absolute atomic E-state index is 0.0599. The number of alkyl carbamates (subject to hydrolysis) is 1. The monoisotopic (exact) mass is 318 g/mol. The van der Waals surface area contributed by atoms with E-state index in [4.69, 9.17) is 4.74 Å². The Morgan fingerprint density at radius 2 is 2.09 bits per heavy atom. The van der Waals surface area contributed by atoms with E-state index < -0.39 is 0 Å². The summed E-state index contributed by atoms with van der Waals surface area (Å²) in [4.78, 5) is 22.5. The van der Waals surface area contributed by atoms with Crippen LogP contribution in [-0.4, -0.2) is 51.0 Å². The van der Waals surface area contributed by atoms with Gasteiger partial charge in [0.15, 0.2) is 5.65 Å². The fourth-order valence-electron chi connectivity index (χ4n) is 2.68. The molecule has 2 aromatic heterocycles. The van der Waals surface area contributed by atoms with E-state index in [2.05, 4.69) is 30.4 Å². The van der Waals surface area contributed by atoms with Gasteiger partial charge in [0.2, 0.25) is 0 Å². The highest BCUT2D eigenvalue weighted by Crippen LogP contribution is 2.25. The van der Waals surface area contributed by atoms with Gasteiger partial charge in [-0.25, -0.2) is 14.8 Å². The number of amides is 1. The van der Waals surface area contributed by atoms with E-state index in [9.17, 15) is 4.79 Å². The summed E-state index contributed by atoms with van der Waals surface area (Å²) in [6, 6.07) is 0. The van der Waals surface area contributed by atoms with Gasteiger partial charge in [0, 0.05) is 31.5 Å². The zero-order chi connectivity index (χ0) is 16.4. The number of aromatic nitrogens is 4. The van der Waals surface area contributed by atoms with E-state index in [0.717, 1.165) is 42.8 Å². The predicted molar refractivity (Wildman–Crippen MR) is 86.3 cm³/mol. The molecule has 1 saturated heterocycles. The SMILES string of the molecule is CC(C)(C)NC(=O)OC1CCN(c2ncnc3[nH]ncc23)CC1. The number of H-pyrrole nitrogens is 1. The number of hydrogen-bond donors (Lipinski definition) is 2. The summed E-state index contributed by atoms with van der Waals surface area (Å²) < 4.78 is 5.50. The van der Waals surface area contributed by atoms with E-state index in [0.29, 0.717) is 0 Å². The number of fused-ring (bicyclic) bond motifs is 1. The van der Waals surface area contributed by atoms with Crippen molar-refractivity contribution in [1.29, 1.82) is 0 Å². The molecule has 0 unspecified atom stereocenters. The van der Waals surface area contributed by atoms with Crippen molar-refractivity contribution in [3.8, 4) is 0 Å². The Balaban J connectivity index is 1.58. The Hall–Kier alpha value is -2.38. The lowest BCUT2D eigenvalue weighted by Crippen LogP contribution is -2.44. The molecule has 124 valence electrons. The minimum atomic E-state index is -0.352. The number of carbonyl (C=O) groups excluding carboxylic acids is 1. The maximum atomic E-state index is 11.8. The molecule has 0 atom stereocenters. The topological polar surface area (TPSA) is 96.0 Å². The molecule has 3 rings (SSSR count). The van der Waals surface area contributed by atoms with E-state index in [-0.39, 0.29) is 17.7 Å². The second-order valence-corrected chi connectivity index (χ2v) is 6.80. The molecule has 23 heavy (non-hydrogen) atoms. The first-order chi connectivity index (χ1) is 10.9. The van der Waals surface area contributed by atoms with Crippen LogP contribution in [-0.2, 0) is 4.74 Å². The summed E-state index contributed by atoms with van der Waals surface area (Å²) in [6.07, 6.45) is 4.42. The number of anilines is 1. The molecule has 8 heteroatoms. The molecule has 0 saturated carbocycles. The normalized spacial score (nSPS) is 16.6. The maximum absolute atomic E-state index is 11.8. The highest BCUT2D eigenvalue weighted by atomic mass is 16.6. The fraction of sp³-hybridized carbons (Fsp3) is 0.600. The summed E-state index contributed by atoms with van der Waals surface area (Å²) in [6.45, 7) is 7.36. The summed E-state index contributed by atoms with van der Waals surface area (Å²) >= 11 is 0. The van der Waals surface area contributed by atoms with Crippen LogP contribution in [0.1, 0.15) is 33.6 Å². The van der Waals surface area contributed by atoms with Gasteiger partial charge in [-0.15, -0.1) is 0 Å². The van der Waals surface area contributed by atoms with Crippen molar-refractivity contribution in [3.05, 3.63) is 12.5 Å². The number of nitrogens with one attached hydrogen (secondary N) is 2. The lowest BCUT2D eigenvalue weighted by atomic mass is 10.1. The van der Waals surface area contributed by atoms with Gasteiger partial charge in [0.25, 0.3) is 0 Å². The van der Waals surface area contributed by atoms with Crippen molar-refractivity contribution < 1.29 is 9.53 Å². The molecular formula is C15H22N6O2. The Morgan fingerprint density at radius 3 is 2.78 bits per heavy atom. The van der Waals surface area contributed by atoms with Crippen LogP contribution in [0.5, 0.6) is 0 Å². The number of carbonyl (C=O) groups is 1. The molecular weight excluding hydrogens is 296 g/mol. The van der Waals surface area contributed by atoms with Gasteiger partial charge in [-0.2, -0.15) is 5.10 Å². The van der Waals surface area contributed by atoms with E-state index in [1.54, 1.807) is 6.20 Å². The minimum Gasteiger partial charge on any atom is -0.446 e. The quantitative estimate of drug-likeness (QED) is 0.877. The molecule has 0 aromatic carbocycles. The molecule has 2 N–H and O–H groups in total. The van der Waals surface area contributed by atoms with Gasteiger partial charge in [-0.3, -0.25) is 5.10 Å². The number of piperidine rings is 1. The van der Waals surface area contributed by atoms with Crippen LogP contribution in [0.4, 0.5) is 10.6 Å². The first kappa shape index (κ1) is 15.5. The smallest absolute Gasteiger partial charge is 0.407 e. The largest absolute Gasteiger partial charge is 0.446 e. The highest BCUT2D eigenvalue weighted by Gasteiger charge is 2.25. The van der Waals surface area contributed by atoms with Crippen molar-refractivity contribution in [3.63, 3.8) is 0 Å². The van der Waals surface area contributed by atoms with Crippen molar-refractivity contribution in [2.45, 2.75) is 45.3 Å². The first-order valence-corrected chi connectivity index (χ1v) is 7.80. The van der Waals surface area contributed by atoms with Gasteiger partial charge in [0.05, 0.1) is 11.6 Å². The van der Waals surface area contributed by atoms with Crippen LogP contribution in [0.15, 0.2) is 12.5 Å². The van der Waals surface area contributed by atoms with E-state index in [1.165, 1.54) is 6.33 Å². The lowest BCUT2D eigenvalue weighted by molar-refractivity contribution is 0.0776. The predicted octanol–water partition coefficient (Wildman–Crippen LogP) is 1.85. The van der Waals surface area contributed by atoms with E-state index in [1.807, 2.05) is 20.8 Å². The average Bonchev–Trinajstić information content (AvgIpc) is 2.94. The second kappa shape index (κ2) is 6.02. The van der Waals surface area contributed by atoms with Gasteiger partial charge >= 0.3 is 6.09 Å². The number of aromatic amines is 1. The molecule has 0 radical (unpaired) electrons. The molecule has 8 nitrogen and oxygen atoms in total. The molecule has 3 heterocycles. The Kier molecular flexibility index (Phi) is 4.06. The van der Waals surface area contributed by atoms with E-state index >= 15 is 0 Å². The van der Waals surface area contributed by atoms with Crippen molar-refractivity contribution >= 4 is 22.9 Å². The van der Waals surface area contributed by atoms with Gasteiger partial charge in [0.1, 0.15) is 18.2 Å². The molecule has 1 aliphatic heterocycles. The Morgan fingerprint density at radius 1 is 1.35 bits per heavy atom. The summed E-state index contributed by atoms with van der Waals surface area (Å²) in [5.41, 5.74) is 0.448. The third-order valence-electron chi connectivity index (χ3n) is 3.72. The number of hydrogen-bond acceptors (Lipinski definition) is 6. The molecule has 2 aromatic rings. The first-order valence-electron chi connectivity index (χ1n) is 7.80. The molecule has 1 amide bonds. The standard InChI is InChI=1S/C15H22N6O2/c1-15(2,3)19-14(22)23-10-4-6-21(7-5-10)13-11-8-18-20-12(11)16-9-17-13/h8-10H,4-7H2,1-3H3,(H,19,22)(H,16,17,18,20). The molecule has 1 fully saturated rings. The van der Waals surface area contributed by atoms with Gasteiger partial charge in [-0.1, -0.05) is 0 Å². The highest BCUT2D eigenvalue weighted by molar-refractivity contribution is 5.86. The van der Waals surface area contributed by atoms with Gasteiger partial charge < -0.3 is 15.0 Å². The average molecular weight is 318 g/mol. The van der Waals surface area contributed by atoms with Crippen LogP contribution >= 0.6 is 0 Å². The number of ether oxygens (including phenoxy) is 1. The number of rotatable bonds is 2. The van der Waals surface area contributed by atoms with Crippen molar-refractivity contribution in [1.82, 2.24) is 25.5 Å². The molecule has 0 spiro atoms. The maximum Gasteiger partial charge on any atom is 0.407 e. The summed E-state index contributed by atoms with van der Waals surface area (Å²) in [5.74, 6) is 0.876. The zero-order valence-electron chi connectivity index (χ0n) is 13.7. The molecule has 0 aliphatic carbocycles. The van der Waals surface area contributed by atoms with Crippen LogP contribution < -0.4 is 10.2 Å². The van der Waals surface area contributed by atoms with Crippen LogP contribution in [0.25, 0.3) is 11.0 Å².